The Morgan fingerprint density at radius 1 is 1.12 bits per heavy atom. The minimum atomic E-state index is -0.326. The summed E-state index contributed by atoms with van der Waals surface area (Å²) in [5.41, 5.74) is 2.31. The summed E-state index contributed by atoms with van der Waals surface area (Å²) in [6, 6.07) is 11.1. The summed E-state index contributed by atoms with van der Waals surface area (Å²) < 4.78 is 24.8. The van der Waals surface area contributed by atoms with Crippen LogP contribution in [-0.4, -0.2) is 50.8 Å². The molecule has 0 bridgehead atoms. The van der Waals surface area contributed by atoms with E-state index in [0.717, 1.165) is 43.7 Å². The standard InChI is InChI=1S/C25H32FN3O3/c1-16-5-7-18(14-20(16)26)27-24(30)28-19-9-10-25(11-12-29(2)23(25)15-19)17-6-8-21(31-3)22(13-17)32-4/h5-8,13-14,19,23H,9-12,15H2,1-4H3,(H2,27,28,30)/t19-,23+,25+/m1/s1. The number of carbonyl (C=O) groups excluding carboxylic acids is 1. The summed E-state index contributed by atoms with van der Waals surface area (Å²) in [7, 11) is 5.47. The van der Waals surface area contributed by atoms with Crippen LogP contribution in [0, 0.1) is 12.7 Å². The highest BCUT2D eigenvalue weighted by Gasteiger charge is 2.50. The van der Waals surface area contributed by atoms with Gasteiger partial charge in [-0.25, -0.2) is 9.18 Å². The zero-order valence-corrected chi connectivity index (χ0v) is 19.2. The molecule has 172 valence electrons. The summed E-state index contributed by atoms with van der Waals surface area (Å²) in [4.78, 5) is 15.0. The number of hydrogen-bond donors (Lipinski definition) is 2. The number of carbonyl (C=O) groups is 1. The number of halogens is 1. The SMILES string of the molecule is COc1ccc([C@@]23CC[C@@H](NC(=O)Nc4ccc(C)c(F)c4)C[C@@H]2N(C)CC3)cc1OC. The molecular formula is C25H32FN3O3. The van der Waals surface area contributed by atoms with Gasteiger partial charge in [0.2, 0.25) is 0 Å². The van der Waals surface area contributed by atoms with Crippen LogP contribution < -0.4 is 20.1 Å². The maximum atomic E-state index is 13.8. The molecule has 0 unspecified atom stereocenters. The first kappa shape index (κ1) is 22.4. The van der Waals surface area contributed by atoms with Crippen LogP contribution >= 0.6 is 0 Å². The molecule has 2 aromatic rings. The van der Waals surface area contributed by atoms with Gasteiger partial charge in [-0.15, -0.1) is 0 Å². The van der Waals surface area contributed by atoms with E-state index < -0.39 is 0 Å². The van der Waals surface area contributed by atoms with Gasteiger partial charge in [0, 0.05) is 23.2 Å². The number of likely N-dealkylation sites (N-methyl/N-ethyl adjacent to an activating group) is 1. The maximum absolute atomic E-state index is 13.8. The first-order valence-electron chi connectivity index (χ1n) is 11.1. The van der Waals surface area contributed by atoms with Crippen LogP contribution in [0.3, 0.4) is 0 Å². The highest BCUT2D eigenvalue weighted by atomic mass is 19.1. The molecule has 1 aliphatic heterocycles. The molecule has 6 nitrogen and oxygen atoms in total. The van der Waals surface area contributed by atoms with E-state index in [2.05, 4.69) is 34.7 Å². The lowest BCUT2D eigenvalue weighted by molar-refractivity contribution is 0.156. The van der Waals surface area contributed by atoms with E-state index in [9.17, 15) is 9.18 Å². The summed E-state index contributed by atoms with van der Waals surface area (Å²) >= 11 is 0. The normalized spacial score (nSPS) is 25.2. The molecule has 2 aromatic carbocycles. The second kappa shape index (κ2) is 8.98. The predicted molar refractivity (Wildman–Crippen MR) is 123 cm³/mol. The van der Waals surface area contributed by atoms with Gasteiger partial charge in [-0.3, -0.25) is 0 Å². The van der Waals surface area contributed by atoms with Crippen LogP contribution in [0.1, 0.15) is 36.8 Å². The van der Waals surface area contributed by atoms with Gasteiger partial charge in [-0.1, -0.05) is 12.1 Å². The molecule has 1 aliphatic carbocycles. The van der Waals surface area contributed by atoms with Crippen molar-refractivity contribution >= 4 is 11.7 Å². The van der Waals surface area contributed by atoms with Crippen molar-refractivity contribution in [3.8, 4) is 11.5 Å². The van der Waals surface area contributed by atoms with Gasteiger partial charge in [-0.05, 0) is 81.6 Å². The Bertz CT molecular complexity index is 998. The van der Waals surface area contributed by atoms with E-state index in [4.69, 9.17) is 9.47 Å². The largest absolute Gasteiger partial charge is 0.493 e. The number of fused-ring (bicyclic) bond motifs is 1. The van der Waals surface area contributed by atoms with Crippen molar-refractivity contribution in [1.82, 2.24) is 10.2 Å². The molecule has 2 N–H and O–H groups in total. The van der Waals surface area contributed by atoms with Crippen molar-refractivity contribution < 1.29 is 18.7 Å². The lowest BCUT2D eigenvalue weighted by atomic mass is 9.65. The number of rotatable bonds is 5. The van der Waals surface area contributed by atoms with Gasteiger partial charge in [0.25, 0.3) is 0 Å². The van der Waals surface area contributed by atoms with Crippen molar-refractivity contribution in [2.45, 2.75) is 50.1 Å². The number of likely N-dealkylation sites (tertiary alicyclic amines) is 1. The molecule has 2 amide bonds. The van der Waals surface area contributed by atoms with E-state index in [1.54, 1.807) is 33.3 Å². The van der Waals surface area contributed by atoms with Crippen molar-refractivity contribution in [2.24, 2.45) is 0 Å². The number of nitrogens with one attached hydrogen (secondary N) is 2. The number of anilines is 1. The van der Waals surface area contributed by atoms with Crippen molar-refractivity contribution in [3.05, 3.63) is 53.3 Å². The van der Waals surface area contributed by atoms with Gasteiger partial charge in [0.05, 0.1) is 14.2 Å². The molecule has 2 aliphatic rings. The van der Waals surface area contributed by atoms with E-state index in [0.29, 0.717) is 17.3 Å². The fraction of sp³-hybridized carbons (Fsp3) is 0.480. The van der Waals surface area contributed by atoms with Crippen molar-refractivity contribution in [1.29, 1.82) is 0 Å². The van der Waals surface area contributed by atoms with Gasteiger partial charge < -0.3 is 25.0 Å². The smallest absolute Gasteiger partial charge is 0.319 e. The minimum absolute atomic E-state index is 0.0308. The first-order valence-corrected chi connectivity index (χ1v) is 11.1. The Morgan fingerprint density at radius 3 is 2.62 bits per heavy atom. The Balaban J connectivity index is 1.47. The van der Waals surface area contributed by atoms with Gasteiger partial charge >= 0.3 is 6.03 Å². The van der Waals surface area contributed by atoms with Crippen molar-refractivity contribution in [2.75, 3.05) is 33.1 Å². The second-order valence-electron chi connectivity index (χ2n) is 9.01. The number of methoxy groups -OCH3 is 2. The van der Waals surface area contributed by atoms with Crippen LogP contribution in [0.15, 0.2) is 36.4 Å². The topological polar surface area (TPSA) is 62.8 Å². The lowest BCUT2D eigenvalue weighted by Gasteiger charge is -2.45. The van der Waals surface area contributed by atoms with Crippen LogP contribution in [0.2, 0.25) is 0 Å². The summed E-state index contributed by atoms with van der Waals surface area (Å²) in [6.07, 6.45) is 3.79. The van der Waals surface area contributed by atoms with Crippen LogP contribution in [0.4, 0.5) is 14.9 Å². The van der Waals surface area contributed by atoms with Gasteiger partial charge in [0.1, 0.15) is 5.82 Å². The Morgan fingerprint density at radius 2 is 1.91 bits per heavy atom. The quantitative estimate of drug-likeness (QED) is 0.719. The van der Waals surface area contributed by atoms with Gasteiger partial charge in [-0.2, -0.15) is 0 Å². The number of ether oxygens (including phenoxy) is 2. The predicted octanol–water partition coefficient (Wildman–Crippen LogP) is 4.47. The molecule has 1 heterocycles. The highest BCUT2D eigenvalue weighted by molar-refractivity contribution is 5.89. The maximum Gasteiger partial charge on any atom is 0.319 e. The van der Waals surface area contributed by atoms with Crippen LogP contribution in [-0.2, 0) is 5.41 Å². The lowest BCUT2D eigenvalue weighted by Crippen LogP contribution is -2.52. The van der Waals surface area contributed by atoms with Crippen LogP contribution in [0.5, 0.6) is 11.5 Å². The van der Waals surface area contributed by atoms with Crippen LogP contribution in [0.25, 0.3) is 0 Å². The molecule has 1 saturated heterocycles. The third-order valence-corrected chi connectivity index (χ3v) is 7.25. The number of amides is 2. The van der Waals surface area contributed by atoms with E-state index in [-0.39, 0.29) is 23.3 Å². The molecule has 4 rings (SSSR count). The number of hydrogen-bond acceptors (Lipinski definition) is 4. The molecule has 1 saturated carbocycles. The third-order valence-electron chi connectivity index (χ3n) is 7.25. The fourth-order valence-electron chi connectivity index (χ4n) is 5.42. The zero-order chi connectivity index (χ0) is 22.9. The number of benzene rings is 2. The molecular weight excluding hydrogens is 409 g/mol. The third kappa shape index (κ3) is 4.13. The molecule has 3 atom stereocenters. The molecule has 0 spiro atoms. The number of nitrogens with zero attached hydrogens (tertiary/aromatic N) is 1. The Labute approximate surface area is 189 Å². The summed E-state index contributed by atoms with van der Waals surface area (Å²) in [6.45, 7) is 2.71. The number of urea groups is 1. The Hall–Kier alpha value is -2.80. The van der Waals surface area contributed by atoms with E-state index in [1.807, 2.05) is 6.07 Å². The molecule has 2 fully saturated rings. The first-order chi connectivity index (χ1) is 15.4. The number of aryl methyl sites for hydroxylation is 1. The van der Waals surface area contributed by atoms with E-state index in [1.165, 1.54) is 11.6 Å². The Kier molecular flexibility index (Phi) is 6.29. The van der Waals surface area contributed by atoms with Crippen molar-refractivity contribution in [3.63, 3.8) is 0 Å². The molecule has 32 heavy (non-hydrogen) atoms. The minimum Gasteiger partial charge on any atom is -0.493 e. The van der Waals surface area contributed by atoms with E-state index >= 15 is 0 Å². The summed E-state index contributed by atoms with van der Waals surface area (Å²) in [5.74, 6) is 1.15. The molecule has 0 radical (unpaired) electrons. The second-order valence-corrected chi connectivity index (χ2v) is 9.01. The highest BCUT2D eigenvalue weighted by Crippen LogP contribution is 2.49. The monoisotopic (exact) mass is 441 g/mol. The average molecular weight is 442 g/mol. The molecule has 0 aromatic heterocycles. The fourth-order valence-corrected chi connectivity index (χ4v) is 5.42. The average Bonchev–Trinajstić information content (AvgIpc) is 3.13. The van der Waals surface area contributed by atoms with Gasteiger partial charge in [0.15, 0.2) is 11.5 Å². The zero-order valence-electron chi connectivity index (χ0n) is 19.2. The molecule has 7 heteroatoms. The summed E-state index contributed by atoms with van der Waals surface area (Å²) in [5, 5.41) is 5.86.